The van der Waals surface area contributed by atoms with Crippen LogP contribution >= 0.6 is 24.0 Å². The molecule has 138 valence electrons. The molecular formula is C17H27IN6O. The molecule has 0 saturated heterocycles. The van der Waals surface area contributed by atoms with Crippen molar-refractivity contribution in [1.29, 1.82) is 0 Å². The van der Waals surface area contributed by atoms with Crippen LogP contribution in [0, 0.1) is 0 Å². The molecule has 0 unspecified atom stereocenters. The number of rotatable bonds is 8. The zero-order valence-corrected chi connectivity index (χ0v) is 17.4. The van der Waals surface area contributed by atoms with E-state index < -0.39 is 0 Å². The van der Waals surface area contributed by atoms with Gasteiger partial charge in [-0.3, -0.25) is 0 Å². The normalized spacial score (nSPS) is 10.9. The van der Waals surface area contributed by atoms with Crippen LogP contribution in [0.5, 0.6) is 5.75 Å². The molecule has 8 heteroatoms. The third kappa shape index (κ3) is 6.52. The fraction of sp³-hybridized carbons (Fsp3) is 0.471. The Morgan fingerprint density at radius 3 is 2.72 bits per heavy atom. The van der Waals surface area contributed by atoms with Gasteiger partial charge in [-0.2, -0.15) is 0 Å². The van der Waals surface area contributed by atoms with Gasteiger partial charge < -0.3 is 19.9 Å². The first-order valence-corrected chi connectivity index (χ1v) is 8.38. The van der Waals surface area contributed by atoms with Crippen LogP contribution in [0.25, 0.3) is 0 Å². The number of nitrogens with zero attached hydrogens (tertiary/aromatic N) is 4. The number of ether oxygens (including phenoxy) is 1. The molecule has 1 aromatic heterocycles. The lowest BCUT2D eigenvalue weighted by molar-refractivity contribution is 0.336. The van der Waals surface area contributed by atoms with E-state index in [9.17, 15) is 0 Å². The number of guanidine groups is 1. The molecule has 0 amide bonds. The van der Waals surface area contributed by atoms with Gasteiger partial charge in [0.15, 0.2) is 11.8 Å². The molecule has 0 aliphatic rings. The Labute approximate surface area is 166 Å². The second-order valence-corrected chi connectivity index (χ2v) is 5.12. The Balaban J connectivity index is 0.00000312. The lowest BCUT2D eigenvalue weighted by atomic mass is 10.2. The highest BCUT2D eigenvalue weighted by atomic mass is 127. The van der Waals surface area contributed by atoms with Gasteiger partial charge in [0.25, 0.3) is 0 Å². The van der Waals surface area contributed by atoms with Crippen molar-refractivity contribution in [3.8, 4) is 5.75 Å². The van der Waals surface area contributed by atoms with Gasteiger partial charge in [-0.25, -0.2) is 4.99 Å². The maximum Gasteiger partial charge on any atom is 0.191 e. The lowest BCUT2D eigenvalue weighted by Gasteiger charge is -2.12. The maximum atomic E-state index is 5.65. The van der Waals surface area contributed by atoms with E-state index in [1.807, 2.05) is 42.7 Å². The first kappa shape index (κ1) is 21.2. The summed E-state index contributed by atoms with van der Waals surface area (Å²) in [6.45, 7) is 9.50. The van der Waals surface area contributed by atoms with Gasteiger partial charge in [0, 0.05) is 18.7 Å². The predicted octanol–water partition coefficient (Wildman–Crippen LogP) is 2.57. The van der Waals surface area contributed by atoms with Crippen molar-refractivity contribution < 1.29 is 4.74 Å². The summed E-state index contributed by atoms with van der Waals surface area (Å²) in [6.07, 6.45) is 1.74. The van der Waals surface area contributed by atoms with Gasteiger partial charge in [0.05, 0.1) is 19.7 Å². The first-order valence-electron chi connectivity index (χ1n) is 8.38. The summed E-state index contributed by atoms with van der Waals surface area (Å²) in [4.78, 5) is 4.64. The molecule has 7 nitrogen and oxygen atoms in total. The van der Waals surface area contributed by atoms with E-state index in [1.165, 1.54) is 0 Å². The highest BCUT2D eigenvalue weighted by Crippen LogP contribution is 2.18. The van der Waals surface area contributed by atoms with E-state index in [-0.39, 0.29) is 24.0 Å². The fourth-order valence-corrected chi connectivity index (χ4v) is 2.28. The quantitative estimate of drug-likeness (QED) is 0.361. The Morgan fingerprint density at radius 1 is 1.20 bits per heavy atom. The second-order valence-electron chi connectivity index (χ2n) is 5.12. The van der Waals surface area contributed by atoms with E-state index in [0.717, 1.165) is 36.2 Å². The van der Waals surface area contributed by atoms with Crippen molar-refractivity contribution in [3.63, 3.8) is 0 Å². The van der Waals surface area contributed by atoms with Crippen LogP contribution in [-0.2, 0) is 19.6 Å². The van der Waals surface area contributed by atoms with Crippen LogP contribution in [0.4, 0.5) is 0 Å². The number of benzene rings is 1. The first-order chi connectivity index (χ1) is 11.8. The van der Waals surface area contributed by atoms with Crippen molar-refractivity contribution >= 4 is 29.9 Å². The molecular weight excluding hydrogens is 431 g/mol. The van der Waals surface area contributed by atoms with Gasteiger partial charge in [-0.05, 0) is 26.8 Å². The molecule has 0 fully saturated rings. The zero-order valence-electron chi connectivity index (χ0n) is 15.0. The van der Waals surface area contributed by atoms with Crippen LogP contribution in [0.1, 0.15) is 32.2 Å². The molecule has 0 atom stereocenters. The molecule has 0 aliphatic heterocycles. The number of aryl methyl sites for hydroxylation is 1. The number of halogens is 1. The minimum absolute atomic E-state index is 0. The highest BCUT2D eigenvalue weighted by Gasteiger charge is 2.05. The molecule has 2 aromatic rings. The van der Waals surface area contributed by atoms with E-state index in [1.54, 1.807) is 6.33 Å². The number of nitrogens with one attached hydrogen (secondary N) is 2. The van der Waals surface area contributed by atoms with Gasteiger partial charge >= 0.3 is 0 Å². The van der Waals surface area contributed by atoms with Crippen molar-refractivity contribution in [3.05, 3.63) is 42.0 Å². The number of hydrogen-bond donors (Lipinski definition) is 2. The minimum Gasteiger partial charge on any atom is -0.494 e. The summed E-state index contributed by atoms with van der Waals surface area (Å²) in [5.41, 5.74) is 1.06. The molecule has 2 N–H and O–H groups in total. The predicted molar refractivity (Wildman–Crippen MR) is 110 cm³/mol. The number of aliphatic imine (C=N–C) groups is 1. The largest absolute Gasteiger partial charge is 0.494 e. The molecule has 0 saturated carbocycles. The van der Waals surface area contributed by atoms with Crippen molar-refractivity contribution in [1.82, 2.24) is 25.4 Å². The monoisotopic (exact) mass is 458 g/mol. The number of aromatic nitrogens is 3. The summed E-state index contributed by atoms with van der Waals surface area (Å²) in [5.74, 6) is 2.51. The summed E-state index contributed by atoms with van der Waals surface area (Å²) >= 11 is 0. The van der Waals surface area contributed by atoms with Crippen molar-refractivity contribution in [2.45, 2.75) is 40.4 Å². The number of hydrogen-bond acceptors (Lipinski definition) is 4. The van der Waals surface area contributed by atoms with E-state index >= 15 is 0 Å². The Morgan fingerprint density at radius 2 is 2.00 bits per heavy atom. The molecule has 2 rings (SSSR count). The Hall–Kier alpha value is -1.84. The maximum absolute atomic E-state index is 5.65. The minimum atomic E-state index is 0. The molecule has 1 aromatic carbocycles. The lowest BCUT2D eigenvalue weighted by Crippen LogP contribution is -2.37. The third-order valence-corrected chi connectivity index (χ3v) is 3.47. The second kappa shape index (κ2) is 11.7. The average molecular weight is 458 g/mol. The molecule has 0 bridgehead atoms. The van der Waals surface area contributed by atoms with Crippen molar-refractivity contribution in [2.75, 3.05) is 13.2 Å². The molecule has 25 heavy (non-hydrogen) atoms. The van der Waals surface area contributed by atoms with Gasteiger partial charge in [0.1, 0.15) is 12.1 Å². The highest BCUT2D eigenvalue weighted by molar-refractivity contribution is 14.0. The molecule has 0 aliphatic carbocycles. The van der Waals surface area contributed by atoms with Crippen molar-refractivity contribution in [2.24, 2.45) is 4.99 Å². The Kier molecular flexibility index (Phi) is 9.90. The van der Waals surface area contributed by atoms with Gasteiger partial charge in [0.2, 0.25) is 0 Å². The summed E-state index contributed by atoms with van der Waals surface area (Å²) in [6, 6.07) is 7.97. The SMILES string of the molecule is CCNC(=NCc1ccccc1OCC)NCc1nncn1CC.I. The van der Waals surface area contributed by atoms with E-state index in [2.05, 4.69) is 32.7 Å². The fourth-order valence-electron chi connectivity index (χ4n) is 2.28. The number of para-hydroxylation sites is 1. The van der Waals surface area contributed by atoms with Gasteiger partial charge in [-0.1, -0.05) is 18.2 Å². The topological polar surface area (TPSA) is 76.4 Å². The molecule has 0 radical (unpaired) electrons. The van der Waals surface area contributed by atoms with Crippen LogP contribution in [0.3, 0.4) is 0 Å². The van der Waals surface area contributed by atoms with Crippen LogP contribution in [-0.4, -0.2) is 33.9 Å². The molecule has 1 heterocycles. The summed E-state index contributed by atoms with van der Waals surface area (Å²) < 4.78 is 7.65. The smallest absolute Gasteiger partial charge is 0.191 e. The Bertz CT molecular complexity index is 658. The van der Waals surface area contributed by atoms with E-state index in [4.69, 9.17) is 4.74 Å². The summed E-state index contributed by atoms with van der Waals surface area (Å²) in [7, 11) is 0. The van der Waals surface area contributed by atoms with E-state index in [0.29, 0.717) is 19.7 Å². The van der Waals surface area contributed by atoms with Gasteiger partial charge in [-0.15, -0.1) is 34.2 Å². The summed E-state index contributed by atoms with van der Waals surface area (Å²) in [5, 5.41) is 14.6. The zero-order chi connectivity index (χ0) is 17.2. The standard InChI is InChI=1S/C17H26N6O.HI/c1-4-18-17(20-12-16-22-21-13-23(16)5-2)19-11-14-9-7-8-10-15(14)24-6-3;/h7-10,13H,4-6,11-12H2,1-3H3,(H2,18,19,20);1H. The molecule has 0 spiro atoms. The van der Waals surface area contributed by atoms with Crippen LogP contribution in [0.15, 0.2) is 35.6 Å². The average Bonchev–Trinajstić information content (AvgIpc) is 3.06. The van der Waals surface area contributed by atoms with Crippen LogP contribution in [0.2, 0.25) is 0 Å². The third-order valence-electron chi connectivity index (χ3n) is 3.47. The van der Waals surface area contributed by atoms with Crippen LogP contribution < -0.4 is 15.4 Å².